The smallest absolute Gasteiger partial charge is 0.326 e. The lowest BCUT2D eigenvalue weighted by Gasteiger charge is -2.31. The summed E-state index contributed by atoms with van der Waals surface area (Å²) in [5.74, 6) is 0.147. The fraction of sp³-hybridized carbons (Fsp3) is 0.600. The molecule has 6 heteroatoms. The lowest BCUT2D eigenvalue weighted by molar-refractivity contribution is -0.143. The number of carbonyl (C=O) groups is 2. The van der Waals surface area contributed by atoms with E-state index in [4.69, 9.17) is 9.47 Å². The van der Waals surface area contributed by atoms with Crippen molar-refractivity contribution in [1.29, 1.82) is 0 Å². The summed E-state index contributed by atoms with van der Waals surface area (Å²) in [5, 5.41) is 12.3. The predicted molar refractivity (Wildman–Crippen MR) is 98.7 cm³/mol. The van der Waals surface area contributed by atoms with E-state index in [0.29, 0.717) is 30.8 Å². The number of carboxylic acids is 1. The van der Waals surface area contributed by atoms with Crippen LogP contribution in [0.25, 0.3) is 0 Å². The molecule has 0 bridgehead atoms. The molecule has 1 atom stereocenters. The van der Waals surface area contributed by atoms with Crippen LogP contribution in [0.1, 0.15) is 51.5 Å². The molecule has 0 radical (unpaired) electrons. The standard InChI is InChI=1S/C20H29NO5/c1-13(2)11-15(18(22)23)21-19(24)20(9-5-6-10-20)14-7-8-16(25-3)17(12-14)26-4/h7-8,12-13,15H,5-6,9-11H2,1-4H3,(H,21,24)(H,22,23)/t15-/m1/s1. The van der Waals surface area contributed by atoms with E-state index in [9.17, 15) is 14.7 Å². The maximum Gasteiger partial charge on any atom is 0.326 e. The summed E-state index contributed by atoms with van der Waals surface area (Å²) in [4.78, 5) is 24.7. The summed E-state index contributed by atoms with van der Waals surface area (Å²) in [5.41, 5.74) is 0.128. The van der Waals surface area contributed by atoms with Crippen molar-refractivity contribution in [3.63, 3.8) is 0 Å². The molecule has 144 valence electrons. The van der Waals surface area contributed by atoms with Crippen LogP contribution in [0.3, 0.4) is 0 Å². The molecule has 26 heavy (non-hydrogen) atoms. The fourth-order valence-corrected chi connectivity index (χ4v) is 3.75. The van der Waals surface area contributed by atoms with Gasteiger partial charge in [0, 0.05) is 0 Å². The van der Waals surface area contributed by atoms with Crippen molar-refractivity contribution in [2.24, 2.45) is 5.92 Å². The SMILES string of the molecule is COc1ccc(C2(C(=O)N[C@H](CC(C)C)C(=O)O)CCCC2)cc1OC. The molecule has 2 rings (SSSR count). The van der Waals surface area contributed by atoms with Gasteiger partial charge in [0.25, 0.3) is 0 Å². The predicted octanol–water partition coefficient (Wildman–Crippen LogP) is 3.13. The zero-order valence-corrected chi connectivity index (χ0v) is 16.0. The summed E-state index contributed by atoms with van der Waals surface area (Å²) >= 11 is 0. The Kier molecular flexibility index (Phi) is 6.51. The normalized spacial score (nSPS) is 17.0. The molecule has 1 aromatic rings. The molecule has 0 saturated heterocycles. The topological polar surface area (TPSA) is 84.9 Å². The summed E-state index contributed by atoms with van der Waals surface area (Å²) in [7, 11) is 3.13. The van der Waals surface area contributed by atoms with Gasteiger partial charge >= 0.3 is 5.97 Å². The van der Waals surface area contributed by atoms with E-state index in [-0.39, 0.29) is 11.8 Å². The second kappa shape index (κ2) is 8.43. The van der Waals surface area contributed by atoms with Crippen LogP contribution in [-0.2, 0) is 15.0 Å². The van der Waals surface area contributed by atoms with Crippen molar-refractivity contribution in [1.82, 2.24) is 5.32 Å². The third-order valence-corrected chi connectivity index (χ3v) is 5.14. The van der Waals surface area contributed by atoms with Crippen LogP contribution in [0.15, 0.2) is 18.2 Å². The van der Waals surface area contributed by atoms with Crippen LogP contribution in [0, 0.1) is 5.92 Å². The molecule has 1 fully saturated rings. The van der Waals surface area contributed by atoms with Gasteiger partial charge in [0.05, 0.1) is 19.6 Å². The fourth-order valence-electron chi connectivity index (χ4n) is 3.75. The third-order valence-electron chi connectivity index (χ3n) is 5.14. The zero-order chi connectivity index (χ0) is 19.3. The first-order chi connectivity index (χ1) is 12.3. The van der Waals surface area contributed by atoms with Crippen LogP contribution >= 0.6 is 0 Å². The molecular weight excluding hydrogens is 334 g/mol. The molecule has 0 aromatic heterocycles. The molecule has 0 unspecified atom stereocenters. The number of methoxy groups -OCH3 is 2. The number of hydrogen-bond acceptors (Lipinski definition) is 4. The number of benzene rings is 1. The van der Waals surface area contributed by atoms with E-state index in [1.165, 1.54) is 0 Å². The summed E-state index contributed by atoms with van der Waals surface area (Å²) in [6, 6.07) is 4.64. The Morgan fingerprint density at radius 3 is 2.27 bits per heavy atom. The van der Waals surface area contributed by atoms with Crippen molar-refractivity contribution >= 4 is 11.9 Å². The van der Waals surface area contributed by atoms with Gasteiger partial charge in [0.2, 0.25) is 5.91 Å². The van der Waals surface area contributed by atoms with Gasteiger partial charge in [0.1, 0.15) is 6.04 Å². The van der Waals surface area contributed by atoms with Crippen LogP contribution < -0.4 is 14.8 Å². The molecule has 1 amide bonds. The van der Waals surface area contributed by atoms with Crippen LogP contribution in [-0.4, -0.2) is 37.2 Å². The second-order valence-corrected chi connectivity index (χ2v) is 7.35. The molecule has 6 nitrogen and oxygen atoms in total. The minimum absolute atomic E-state index is 0.178. The van der Waals surface area contributed by atoms with E-state index in [0.717, 1.165) is 18.4 Å². The van der Waals surface area contributed by atoms with Crippen molar-refractivity contribution in [2.75, 3.05) is 14.2 Å². The highest BCUT2D eigenvalue weighted by atomic mass is 16.5. The van der Waals surface area contributed by atoms with E-state index in [2.05, 4.69) is 5.32 Å². The molecule has 2 N–H and O–H groups in total. The number of carboxylic acid groups (broad SMARTS) is 1. The Morgan fingerprint density at radius 1 is 1.15 bits per heavy atom. The number of ether oxygens (including phenoxy) is 2. The molecule has 1 aromatic carbocycles. The first-order valence-electron chi connectivity index (χ1n) is 9.10. The van der Waals surface area contributed by atoms with Gasteiger partial charge in [-0.15, -0.1) is 0 Å². The van der Waals surface area contributed by atoms with Crippen molar-refractivity contribution in [2.45, 2.75) is 57.4 Å². The lowest BCUT2D eigenvalue weighted by Crippen LogP contribution is -2.50. The number of hydrogen-bond donors (Lipinski definition) is 2. The Morgan fingerprint density at radius 2 is 1.77 bits per heavy atom. The first-order valence-corrected chi connectivity index (χ1v) is 9.10. The highest BCUT2D eigenvalue weighted by molar-refractivity contribution is 5.92. The number of aliphatic carboxylic acids is 1. The molecule has 0 aliphatic heterocycles. The molecule has 1 saturated carbocycles. The average Bonchev–Trinajstić information content (AvgIpc) is 3.11. The highest BCUT2D eigenvalue weighted by Crippen LogP contribution is 2.44. The van der Waals surface area contributed by atoms with E-state index in [1.807, 2.05) is 26.0 Å². The Balaban J connectivity index is 2.34. The maximum atomic E-state index is 13.2. The van der Waals surface area contributed by atoms with Gasteiger partial charge in [-0.25, -0.2) is 4.79 Å². The molecular formula is C20H29NO5. The van der Waals surface area contributed by atoms with Crippen molar-refractivity contribution in [3.8, 4) is 11.5 Å². The first kappa shape index (κ1) is 20.1. The third kappa shape index (κ3) is 4.11. The van der Waals surface area contributed by atoms with Gasteiger partial charge in [-0.3, -0.25) is 4.79 Å². The van der Waals surface area contributed by atoms with E-state index >= 15 is 0 Å². The van der Waals surface area contributed by atoms with Crippen LogP contribution in [0.2, 0.25) is 0 Å². The second-order valence-electron chi connectivity index (χ2n) is 7.35. The monoisotopic (exact) mass is 363 g/mol. The average molecular weight is 363 g/mol. The molecule has 0 spiro atoms. The number of carbonyl (C=O) groups excluding carboxylic acids is 1. The summed E-state index contributed by atoms with van der Waals surface area (Å²) in [6.07, 6.45) is 3.67. The Hall–Kier alpha value is -2.24. The highest BCUT2D eigenvalue weighted by Gasteiger charge is 2.44. The van der Waals surface area contributed by atoms with Crippen molar-refractivity contribution in [3.05, 3.63) is 23.8 Å². The lowest BCUT2D eigenvalue weighted by atomic mass is 9.77. The van der Waals surface area contributed by atoms with Gasteiger partial charge < -0.3 is 19.9 Å². The zero-order valence-electron chi connectivity index (χ0n) is 16.0. The van der Waals surface area contributed by atoms with Crippen LogP contribution in [0.5, 0.6) is 11.5 Å². The Bertz CT molecular complexity index is 650. The summed E-state index contributed by atoms with van der Waals surface area (Å²) < 4.78 is 10.7. The largest absolute Gasteiger partial charge is 0.493 e. The molecule has 1 aliphatic rings. The number of amides is 1. The Labute approximate surface area is 154 Å². The number of rotatable bonds is 8. The van der Waals surface area contributed by atoms with Crippen molar-refractivity contribution < 1.29 is 24.2 Å². The quantitative estimate of drug-likeness (QED) is 0.741. The van der Waals surface area contributed by atoms with Gasteiger partial charge in [-0.1, -0.05) is 32.8 Å². The summed E-state index contributed by atoms with van der Waals surface area (Å²) in [6.45, 7) is 3.89. The number of nitrogens with one attached hydrogen (secondary N) is 1. The molecule has 1 aliphatic carbocycles. The van der Waals surface area contributed by atoms with Gasteiger partial charge in [-0.2, -0.15) is 0 Å². The van der Waals surface area contributed by atoms with E-state index in [1.54, 1.807) is 20.3 Å². The minimum Gasteiger partial charge on any atom is -0.493 e. The minimum atomic E-state index is -0.993. The van der Waals surface area contributed by atoms with Gasteiger partial charge in [0.15, 0.2) is 11.5 Å². The van der Waals surface area contributed by atoms with Crippen LogP contribution in [0.4, 0.5) is 0 Å². The maximum absolute atomic E-state index is 13.2. The van der Waals surface area contributed by atoms with E-state index < -0.39 is 17.4 Å². The van der Waals surface area contributed by atoms with Gasteiger partial charge in [-0.05, 0) is 42.9 Å². The molecule has 0 heterocycles.